The Morgan fingerprint density at radius 3 is 2.61 bits per heavy atom. The molecule has 0 fully saturated rings. The van der Waals surface area contributed by atoms with E-state index in [-0.39, 0.29) is 6.02 Å². The minimum Gasteiger partial charge on any atom is -0.497 e. The summed E-state index contributed by atoms with van der Waals surface area (Å²) in [6, 6.07) is 15.3. The smallest absolute Gasteiger partial charge is 0.337 e. The number of amidine groups is 1. The SMILES string of the molecule is COc1cccc(N2C(O)=NN(C(N)=O)C2c2ccccc2)c1. The van der Waals surface area contributed by atoms with Crippen molar-refractivity contribution in [3.63, 3.8) is 0 Å². The molecule has 2 aromatic rings. The molecule has 1 unspecified atom stereocenters. The fourth-order valence-electron chi connectivity index (χ4n) is 2.52. The summed E-state index contributed by atoms with van der Waals surface area (Å²) in [5.41, 5.74) is 6.80. The first-order valence-electron chi connectivity index (χ1n) is 6.96. The van der Waals surface area contributed by atoms with Crippen molar-refractivity contribution in [1.82, 2.24) is 5.01 Å². The molecule has 23 heavy (non-hydrogen) atoms. The second-order valence-corrected chi connectivity index (χ2v) is 4.94. The zero-order chi connectivity index (χ0) is 16.4. The Morgan fingerprint density at radius 1 is 1.22 bits per heavy atom. The van der Waals surface area contributed by atoms with Gasteiger partial charge in [0.15, 0.2) is 6.17 Å². The highest BCUT2D eigenvalue weighted by Gasteiger charge is 2.39. The Kier molecular flexibility index (Phi) is 3.76. The Hall–Kier alpha value is -3.22. The van der Waals surface area contributed by atoms with E-state index in [1.54, 1.807) is 31.4 Å². The molecule has 7 nitrogen and oxygen atoms in total. The number of primary amides is 1. The number of rotatable bonds is 3. The number of ether oxygens (including phenoxy) is 1. The summed E-state index contributed by atoms with van der Waals surface area (Å²) in [5, 5.41) is 15.2. The van der Waals surface area contributed by atoms with Crippen molar-refractivity contribution in [3.05, 3.63) is 60.2 Å². The first-order valence-corrected chi connectivity index (χ1v) is 6.96. The van der Waals surface area contributed by atoms with Gasteiger partial charge in [-0.1, -0.05) is 36.4 Å². The van der Waals surface area contributed by atoms with Crippen LogP contribution < -0.4 is 15.4 Å². The minimum absolute atomic E-state index is 0.314. The quantitative estimate of drug-likeness (QED) is 0.910. The summed E-state index contributed by atoms with van der Waals surface area (Å²) in [5.74, 6) is 0.625. The lowest BCUT2D eigenvalue weighted by Gasteiger charge is -2.29. The number of hydrogen-bond donors (Lipinski definition) is 2. The van der Waals surface area contributed by atoms with Crippen molar-refractivity contribution >= 4 is 17.7 Å². The van der Waals surface area contributed by atoms with Crippen LogP contribution in [0.25, 0.3) is 0 Å². The molecule has 3 N–H and O–H groups in total. The van der Waals surface area contributed by atoms with Gasteiger partial charge in [-0.05, 0) is 17.7 Å². The van der Waals surface area contributed by atoms with E-state index in [1.165, 1.54) is 4.90 Å². The molecule has 2 aromatic carbocycles. The molecule has 0 radical (unpaired) electrons. The summed E-state index contributed by atoms with van der Waals surface area (Å²) in [6.45, 7) is 0. The van der Waals surface area contributed by atoms with E-state index in [2.05, 4.69) is 5.10 Å². The van der Waals surface area contributed by atoms with Crippen LogP contribution in [0.2, 0.25) is 0 Å². The third kappa shape index (κ3) is 2.64. The van der Waals surface area contributed by atoms with Crippen molar-refractivity contribution in [1.29, 1.82) is 0 Å². The molecule has 0 bridgehead atoms. The minimum atomic E-state index is -0.754. The Labute approximate surface area is 133 Å². The van der Waals surface area contributed by atoms with Crippen molar-refractivity contribution in [2.24, 2.45) is 10.8 Å². The zero-order valence-corrected chi connectivity index (χ0v) is 12.5. The van der Waals surface area contributed by atoms with Crippen LogP contribution in [-0.2, 0) is 0 Å². The van der Waals surface area contributed by atoms with E-state index in [9.17, 15) is 9.90 Å². The lowest BCUT2D eigenvalue weighted by atomic mass is 10.1. The molecule has 0 saturated carbocycles. The predicted molar refractivity (Wildman–Crippen MR) is 86.1 cm³/mol. The first-order chi connectivity index (χ1) is 11.1. The van der Waals surface area contributed by atoms with Crippen molar-refractivity contribution in [3.8, 4) is 5.75 Å². The Morgan fingerprint density at radius 2 is 1.96 bits per heavy atom. The number of methoxy groups -OCH3 is 1. The summed E-state index contributed by atoms with van der Waals surface area (Å²) < 4.78 is 5.21. The van der Waals surface area contributed by atoms with Gasteiger partial charge in [-0.15, -0.1) is 5.10 Å². The van der Waals surface area contributed by atoms with Gasteiger partial charge < -0.3 is 15.6 Å². The molecular weight excluding hydrogens is 296 g/mol. The number of aliphatic hydroxyl groups is 1. The molecule has 1 heterocycles. The average molecular weight is 312 g/mol. The average Bonchev–Trinajstić information content (AvgIpc) is 2.93. The number of benzene rings is 2. The fraction of sp³-hybridized carbons (Fsp3) is 0.125. The normalized spacial score (nSPS) is 17.1. The predicted octanol–water partition coefficient (Wildman–Crippen LogP) is 2.42. The molecule has 0 saturated heterocycles. The lowest BCUT2D eigenvalue weighted by molar-refractivity contribution is 0.196. The van der Waals surface area contributed by atoms with Crippen LogP contribution in [0.3, 0.4) is 0 Å². The number of amides is 2. The zero-order valence-electron chi connectivity index (χ0n) is 12.5. The molecule has 1 aliphatic heterocycles. The van der Waals surface area contributed by atoms with E-state index in [4.69, 9.17) is 10.5 Å². The molecule has 7 heteroatoms. The van der Waals surface area contributed by atoms with Crippen LogP contribution >= 0.6 is 0 Å². The third-order valence-corrected chi connectivity index (χ3v) is 3.54. The number of nitrogens with two attached hydrogens (primary N) is 1. The maximum atomic E-state index is 11.7. The molecule has 0 aromatic heterocycles. The summed E-state index contributed by atoms with van der Waals surface area (Å²) in [7, 11) is 1.56. The number of nitrogens with zero attached hydrogens (tertiary/aromatic N) is 3. The van der Waals surface area contributed by atoms with E-state index in [0.717, 1.165) is 10.6 Å². The number of aliphatic hydroxyl groups excluding tert-OH is 1. The lowest BCUT2D eigenvalue weighted by Crippen LogP contribution is -2.39. The second kappa shape index (κ2) is 5.88. The maximum Gasteiger partial charge on any atom is 0.337 e. The fourth-order valence-corrected chi connectivity index (χ4v) is 2.52. The summed E-state index contributed by atoms with van der Waals surface area (Å²) >= 11 is 0. The van der Waals surface area contributed by atoms with Crippen molar-refractivity contribution in [2.75, 3.05) is 12.0 Å². The summed E-state index contributed by atoms with van der Waals surface area (Å²) in [6.07, 6.45) is -0.666. The molecule has 1 aliphatic rings. The number of hydrazone groups is 1. The molecule has 2 amide bonds. The van der Waals surface area contributed by atoms with Gasteiger partial charge in [0, 0.05) is 6.07 Å². The van der Waals surface area contributed by atoms with Crippen molar-refractivity contribution in [2.45, 2.75) is 6.17 Å². The highest BCUT2D eigenvalue weighted by Crippen LogP contribution is 2.36. The number of carbonyl (C=O) groups is 1. The van der Waals surface area contributed by atoms with E-state index in [0.29, 0.717) is 11.4 Å². The van der Waals surface area contributed by atoms with Crippen molar-refractivity contribution < 1.29 is 14.6 Å². The van der Waals surface area contributed by atoms with E-state index in [1.807, 2.05) is 30.3 Å². The molecule has 0 aliphatic carbocycles. The van der Waals surface area contributed by atoms with Gasteiger partial charge in [0.2, 0.25) is 0 Å². The number of hydrogen-bond acceptors (Lipinski definition) is 4. The van der Waals surface area contributed by atoms with Crippen LogP contribution in [-0.4, -0.2) is 29.3 Å². The monoisotopic (exact) mass is 312 g/mol. The Bertz CT molecular complexity index is 748. The maximum absolute atomic E-state index is 11.7. The largest absolute Gasteiger partial charge is 0.497 e. The number of urea groups is 1. The molecular formula is C16H16N4O3. The Balaban J connectivity index is 2.08. The van der Waals surface area contributed by atoms with Gasteiger partial charge in [-0.3, -0.25) is 4.90 Å². The van der Waals surface area contributed by atoms with E-state index >= 15 is 0 Å². The topological polar surface area (TPSA) is 91.4 Å². The van der Waals surface area contributed by atoms with Gasteiger partial charge in [0.1, 0.15) is 5.75 Å². The van der Waals surface area contributed by atoms with Gasteiger partial charge in [0.25, 0.3) is 0 Å². The molecule has 1 atom stereocenters. The van der Waals surface area contributed by atoms with Crippen LogP contribution in [0.15, 0.2) is 59.7 Å². The second-order valence-electron chi connectivity index (χ2n) is 4.94. The molecule has 118 valence electrons. The van der Waals surface area contributed by atoms with Crippen LogP contribution in [0.5, 0.6) is 5.75 Å². The van der Waals surface area contributed by atoms with Crippen LogP contribution in [0.4, 0.5) is 10.5 Å². The van der Waals surface area contributed by atoms with Gasteiger partial charge in [-0.25, -0.2) is 4.79 Å². The van der Waals surface area contributed by atoms with Gasteiger partial charge >= 0.3 is 12.1 Å². The number of anilines is 1. The highest BCUT2D eigenvalue weighted by atomic mass is 16.5. The van der Waals surface area contributed by atoms with Crippen LogP contribution in [0.1, 0.15) is 11.7 Å². The van der Waals surface area contributed by atoms with Gasteiger partial charge in [-0.2, -0.15) is 5.01 Å². The first kappa shape index (κ1) is 14.7. The van der Waals surface area contributed by atoms with Gasteiger partial charge in [0.05, 0.1) is 12.8 Å². The highest BCUT2D eigenvalue weighted by molar-refractivity contribution is 5.95. The third-order valence-electron chi connectivity index (χ3n) is 3.54. The summed E-state index contributed by atoms with van der Waals surface area (Å²) in [4.78, 5) is 13.2. The molecule has 3 rings (SSSR count). The van der Waals surface area contributed by atoms with Crippen LogP contribution in [0, 0.1) is 0 Å². The standard InChI is InChI=1S/C16H16N4O3/c1-23-13-9-5-8-12(10-13)19-14(11-6-3-2-4-7-11)20(15(17)21)18-16(19)22/h2-10,14H,1H3,(H2,17,21)(H,18,22). The van der Waals surface area contributed by atoms with E-state index < -0.39 is 12.2 Å². The molecule has 0 spiro atoms. The number of carbonyl (C=O) groups excluding carboxylic acids is 1.